The molecule has 1 N–H and O–H groups in total. The first kappa shape index (κ1) is 12.2. The molecule has 0 aliphatic heterocycles. The van der Waals surface area contributed by atoms with Gasteiger partial charge in [0.25, 0.3) is 0 Å². The quantitative estimate of drug-likeness (QED) is 0.884. The van der Waals surface area contributed by atoms with Gasteiger partial charge in [-0.05, 0) is 50.8 Å². The Labute approximate surface area is 110 Å². The van der Waals surface area contributed by atoms with Crippen molar-refractivity contribution in [2.75, 3.05) is 20.6 Å². The van der Waals surface area contributed by atoms with E-state index < -0.39 is 5.60 Å². The summed E-state index contributed by atoms with van der Waals surface area (Å²) in [5.41, 5.74) is 0.540. The first-order valence-corrected chi connectivity index (χ1v) is 7.05. The standard InChI is InChI=1S/C16H23NO/c1-17(2)11-15-12-8-9-14(10-12)16(15,18)13-6-4-3-5-7-13/h3-7,12,14-15,18H,8-11H2,1-2H3/t12-,14+,15+,16+/m1/s1. The maximum atomic E-state index is 11.3. The smallest absolute Gasteiger partial charge is 0.0967 e. The van der Waals surface area contributed by atoms with Crippen LogP contribution >= 0.6 is 0 Å². The molecule has 3 rings (SSSR count). The molecule has 2 saturated carbocycles. The van der Waals surface area contributed by atoms with E-state index in [9.17, 15) is 5.11 Å². The number of rotatable bonds is 3. The first-order valence-electron chi connectivity index (χ1n) is 7.05. The van der Waals surface area contributed by atoms with Gasteiger partial charge < -0.3 is 10.0 Å². The van der Waals surface area contributed by atoms with Gasteiger partial charge in [0.15, 0.2) is 0 Å². The van der Waals surface area contributed by atoms with Crippen molar-refractivity contribution >= 4 is 0 Å². The highest BCUT2D eigenvalue weighted by molar-refractivity contribution is 5.28. The van der Waals surface area contributed by atoms with Crippen LogP contribution in [0.1, 0.15) is 24.8 Å². The van der Waals surface area contributed by atoms with Gasteiger partial charge in [-0.1, -0.05) is 30.3 Å². The van der Waals surface area contributed by atoms with Crippen molar-refractivity contribution in [2.24, 2.45) is 17.8 Å². The fraction of sp³-hybridized carbons (Fsp3) is 0.625. The molecule has 2 bridgehead atoms. The Morgan fingerprint density at radius 1 is 1.22 bits per heavy atom. The highest BCUT2D eigenvalue weighted by Gasteiger charge is 2.57. The molecule has 2 nitrogen and oxygen atoms in total. The van der Waals surface area contributed by atoms with E-state index in [4.69, 9.17) is 0 Å². The van der Waals surface area contributed by atoms with Crippen LogP contribution in [0.25, 0.3) is 0 Å². The molecule has 0 unspecified atom stereocenters. The minimum Gasteiger partial charge on any atom is -0.385 e. The van der Waals surface area contributed by atoms with Crippen LogP contribution in [0.4, 0.5) is 0 Å². The van der Waals surface area contributed by atoms with E-state index in [1.165, 1.54) is 19.3 Å². The fourth-order valence-corrected chi connectivity index (χ4v) is 4.28. The molecule has 0 radical (unpaired) electrons. The molecule has 0 spiro atoms. The SMILES string of the molecule is CN(C)C[C@H]1[C@@H]2CC[C@@H](C2)[C@@]1(O)c1ccccc1. The lowest BCUT2D eigenvalue weighted by atomic mass is 9.71. The summed E-state index contributed by atoms with van der Waals surface area (Å²) >= 11 is 0. The third-order valence-electron chi connectivity index (χ3n) is 5.03. The van der Waals surface area contributed by atoms with Crippen molar-refractivity contribution in [3.8, 4) is 0 Å². The second kappa shape index (κ2) is 4.36. The van der Waals surface area contributed by atoms with Crippen LogP contribution < -0.4 is 0 Å². The minimum atomic E-state index is -0.589. The van der Waals surface area contributed by atoms with Crippen LogP contribution in [0.15, 0.2) is 30.3 Å². The molecule has 2 aliphatic rings. The van der Waals surface area contributed by atoms with E-state index in [0.717, 1.165) is 12.1 Å². The van der Waals surface area contributed by atoms with Crippen LogP contribution in [0.2, 0.25) is 0 Å². The van der Waals surface area contributed by atoms with Crippen molar-refractivity contribution in [2.45, 2.75) is 24.9 Å². The number of nitrogens with zero attached hydrogens (tertiary/aromatic N) is 1. The summed E-state index contributed by atoms with van der Waals surface area (Å²) in [4.78, 5) is 2.22. The maximum absolute atomic E-state index is 11.3. The van der Waals surface area contributed by atoms with Crippen LogP contribution in [0, 0.1) is 17.8 Å². The van der Waals surface area contributed by atoms with E-state index in [2.05, 4.69) is 31.1 Å². The molecule has 0 amide bonds. The number of aliphatic hydroxyl groups is 1. The number of hydrogen-bond acceptors (Lipinski definition) is 2. The van der Waals surface area contributed by atoms with Gasteiger partial charge in [0.2, 0.25) is 0 Å². The third-order valence-corrected chi connectivity index (χ3v) is 5.03. The van der Waals surface area contributed by atoms with E-state index in [-0.39, 0.29) is 0 Å². The zero-order valence-electron chi connectivity index (χ0n) is 11.3. The lowest BCUT2D eigenvalue weighted by Crippen LogP contribution is -2.45. The van der Waals surface area contributed by atoms with E-state index in [0.29, 0.717) is 17.8 Å². The molecule has 0 saturated heterocycles. The van der Waals surface area contributed by atoms with Gasteiger partial charge in [0.1, 0.15) is 0 Å². The summed E-state index contributed by atoms with van der Waals surface area (Å²) in [7, 11) is 4.22. The summed E-state index contributed by atoms with van der Waals surface area (Å²) in [6, 6.07) is 10.3. The highest BCUT2D eigenvalue weighted by Crippen LogP contribution is 2.59. The molecular weight excluding hydrogens is 222 g/mol. The average Bonchev–Trinajstić information content (AvgIpc) is 2.93. The highest BCUT2D eigenvalue weighted by atomic mass is 16.3. The largest absolute Gasteiger partial charge is 0.385 e. The van der Waals surface area contributed by atoms with Crippen molar-refractivity contribution in [3.05, 3.63) is 35.9 Å². The van der Waals surface area contributed by atoms with E-state index >= 15 is 0 Å². The predicted octanol–water partition coefficient (Wildman–Crippen LogP) is 2.48. The second-order valence-electron chi connectivity index (χ2n) is 6.33. The summed E-state index contributed by atoms with van der Waals surface area (Å²) in [6.45, 7) is 0.993. The minimum absolute atomic E-state index is 0.397. The maximum Gasteiger partial charge on any atom is 0.0967 e. The van der Waals surface area contributed by atoms with Gasteiger partial charge in [-0.2, -0.15) is 0 Å². The summed E-state index contributed by atoms with van der Waals surface area (Å²) in [6.07, 6.45) is 3.71. The molecule has 1 aromatic rings. The van der Waals surface area contributed by atoms with E-state index in [1.807, 2.05) is 18.2 Å². The molecule has 4 atom stereocenters. The second-order valence-corrected chi connectivity index (χ2v) is 6.33. The number of benzene rings is 1. The van der Waals surface area contributed by atoms with Crippen molar-refractivity contribution in [3.63, 3.8) is 0 Å². The zero-order chi connectivity index (χ0) is 12.8. The summed E-state index contributed by atoms with van der Waals surface area (Å²) in [5.74, 6) is 1.58. The Hall–Kier alpha value is -0.860. The molecule has 1 aromatic carbocycles. The Morgan fingerprint density at radius 2 is 1.94 bits per heavy atom. The van der Waals surface area contributed by atoms with Crippen LogP contribution in [-0.4, -0.2) is 30.6 Å². The molecule has 0 heterocycles. The molecular formula is C16H23NO. The first-order chi connectivity index (χ1) is 8.62. The summed E-state index contributed by atoms with van der Waals surface area (Å²) in [5, 5.41) is 11.3. The molecule has 2 aliphatic carbocycles. The number of hydrogen-bond donors (Lipinski definition) is 1. The normalized spacial score (nSPS) is 38.6. The van der Waals surface area contributed by atoms with Crippen molar-refractivity contribution < 1.29 is 5.11 Å². The van der Waals surface area contributed by atoms with Gasteiger partial charge in [-0.15, -0.1) is 0 Å². The Bertz CT molecular complexity index is 416. The predicted molar refractivity (Wildman–Crippen MR) is 73.2 cm³/mol. The monoisotopic (exact) mass is 245 g/mol. The molecule has 2 heteroatoms. The fourth-order valence-electron chi connectivity index (χ4n) is 4.28. The lowest BCUT2D eigenvalue weighted by Gasteiger charge is -2.41. The van der Waals surface area contributed by atoms with Crippen LogP contribution in [0.5, 0.6) is 0 Å². The van der Waals surface area contributed by atoms with Crippen molar-refractivity contribution in [1.82, 2.24) is 4.90 Å². The third kappa shape index (κ3) is 1.70. The van der Waals surface area contributed by atoms with E-state index in [1.54, 1.807) is 0 Å². The van der Waals surface area contributed by atoms with Gasteiger partial charge in [-0.25, -0.2) is 0 Å². The van der Waals surface area contributed by atoms with Gasteiger partial charge >= 0.3 is 0 Å². The molecule has 98 valence electrons. The zero-order valence-corrected chi connectivity index (χ0v) is 11.3. The van der Waals surface area contributed by atoms with Crippen LogP contribution in [0.3, 0.4) is 0 Å². The summed E-state index contributed by atoms with van der Waals surface area (Å²) < 4.78 is 0. The Kier molecular flexibility index (Phi) is 2.95. The van der Waals surface area contributed by atoms with Gasteiger partial charge in [0, 0.05) is 12.5 Å². The topological polar surface area (TPSA) is 23.5 Å². The number of fused-ring (bicyclic) bond motifs is 2. The van der Waals surface area contributed by atoms with Crippen molar-refractivity contribution in [1.29, 1.82) is 0 Å². The van der Waals surface area contributed by atoms with Gasteiger partial charge in [0.05, 0.1) is 5.60 Å². The average molecular weight is 245 g/mol. The molecule has 0 aromatic heterocycles. The lowest BCUT2D eigenvalue weighted by molar-refractivity contribution is -0.0731. The molecule has 18 heavy (non-hydrogen) atoms. The molecule has 2 fully saturated rings. The van der Waals surface area contributed by atoms with Crippen LogP contribution in [-0.2, 0) is 5.60 Å². The Balaban J connectivity index is 1.97. The Morgan fingerprint density at radius 3 is 2.61 bits per heavy atom. The van der Waals surface area contributed by atoms with Gasteiger partial charge in [-0.3, -0.25) is 0 Å².